The van der Waals surface area contributed by atoms with Gasteiger partial charge in [0.1, 0.15) is 23.2 Å². The lowest BCUT2D eigenvalue weighted by Crippen LogP contribution is -2.05. The summed E-state index contributed by atoms with van der Waals surface area (Å²) in [6.07, 6.45) is 5.96. The molecule has 0 unspecified atom stereocenters. The minimum absolute atomic E-state index is 0.00838. The molecule has 0 aliphatic carbocycles. The van der Waals surface area contributed by atoms with E-state index in [0.717, 1.165) is 40.2 Å². The highest BCUT2D eigenvalue weighted by Gasteiger charge is 2.27. The fraction of sp³-hybridized carbons (Fsp3) is 0.293. The van der Waals surface area contributed by atoms with Gasteiger partial charge in [-0.05, 0) is 198 Å². The van der Waals surface area contributed by atoms with Crippen molar-refractivity contribution >= 4 is 119 Å². The first kappa shape index (κ1) is 89.9. The topological polar surface area (TPSA) is 179 Å². The Morgan fingerprint density at radius 3 is 1.17 bits per heavy atom. The molecule has 9 rings (SSSR count). The third-order valence-electron chi connectivity index (χ3n) is 13.8. The summed E-state index contributed by atoms with van der Waals surface area (Å²) in [6, 6.07) is 28.3. The van der Waals surface area contributed by atoms with Crippen LogP contribution >= 0.6 is 79.6 Å². The van der Waals surface area contributed by atoms with E-state index in [1.165, 1.54) is 42.5 Å². The van der Waals surface area contributed by atoms with Crippen molar-refractivity contribution in [2.24, 2.45) is 0 Å². The minimum atomic E-state index is -0.820. The standard InChI is InChI=1S/C19H18F2O3.C11H12BrFO3.C10H10BrFO.C9H9BFO4.C9H8BrFO2.C9H10BrF.C8H8BrFO/c1-3-5-12-6-7-13(15(10-22)18(12)20)14-8-9-17(24-4-2)19(21)16(14)11-23;1-2-14-8-4-3-7(12)9(10(8)13)11-15-5-6-16-11;1-2-3-7-4-5-9(11)8(6-13)10(7)12;1-2-14-8-4-3-7(15-10-13)6(5-12)9(8)11;1-2-13-8-4-3-7(10)6(5-12)9(8)11;1-2-3-7-4-5-8(10)6-9(7)11;1-2-11-8-4-3-6(9)5-7(8)10/h6-11H,3-5H2,1-2H3;3-4,11H,2,5-6H2,1H3;4-6H,2-3H2,1H3;3-5,13H,2H2,1H3;3-5H,2H2,1H3;4-6H,2-3H2,1H3;3-5H,2H2,1H3. The molecule has 8 aromatic carbocycles. The Balaban J connectivity index is 0.000000318. The summed E-state index contributed by atoms with van der Waals surface area (Å²) in [5.41, 5.74) is 1.93. The van der Waals surface area contributed by atoms with Gasteiger partial charge < -0.3 is 42.8 Å². The third-order valence-corrected chi connectivity index (χ3v) is 16.8. The molecule has 103 heavy (non-hydrogen) atoms. The zero-order chi connectivity index (χ0) is 76.7. The second kappa shape index (κ2) is 48.7. The lowest BCUT2D eigenvalue weighted by Gasteiger charge is -2.15. The van der Waals surface area contributed by atoms with Crippen molar-refractivity contribution in [1.29, 1.82) is 0 Å². The average molecular weight is 1760 g/mol. The summed E-state index contributed by atoms with van der Waals surface area (Å²) < 4.78 is 153. The first-order chi connectivity index (χ1) is 49.4. The predicted octanol–water partition coefficient (Wildman–Crippen LogP) is 21.3. The van der Waals surface area contributed by atoms with Crippen LogP contribution in [0, 0.1) is 46.5 Å². The Labute approximate surface area is 636 Å². The number of carbonyl (C=O) groups is 5. The fourth-order valence-corrected chi connectivity index (χ4v) is 11.1. The molecule has 0 aromatic heterocycles. The molecule has 1 fully saturated rings. The van der Waals surface area contributed by atoms with Crippen molar-refractivity contribution in [3.63, 3.8) is 0 Å². The molecule has 28 heteroatoms. The molecule has 0 bridgehead atoms. The summed E-state index contributed by atoms with van der Waals surface area (Å²) in [4.78, 5) is 54.4. The Hall–Kier alpha value is -7.31. The number of aryl methyl sites for hydroxylation is 3. The van der Waals surface area contributed by atoms with Gasteiger partial charge in [-0.1, -0.05) is 112 Å². The van der Waals surface area contributed by atoms with E-state index in [1.54, 1.807) is 75.4 Å². The molecule has 0 atom stereocenters. The van der Waals surface area contributed by atoms with E-state index in [-0.39, 0.29) is 85.9 Å². The summed E-state index contributed by atoms with van der Waals surface area (Å²) in [7, 11) is 0.377. The van der Waals surface area contributed by atoms with Crippen LogP contribution in [0.1, 0.15) is 155 Å². The van der Waals surface area contributed by atoms with Gasteiger partial charge in [0.05, 0.1) is 79.6 Å². The molecule has 553 valence electrons. The van der Waals surface area contributed by atoms with Crippen LogP contribution in [-0.4, -0.2) is 90.4 Å². The highest BCUT2D eigenvalue weighted by Crippen LogP contribution is 2.38. The number of ether oxygens (including phenoxy) is 7. The van der Waals surface area contributed by atoms with Gasteiger partial charge in [0.2, 0.25) is 0 Å². The van der Waals surface area contributed by atoms with Gasteiger partial charge in [0, 0.05) is 22.4 Å². The molecule has 8 aromatic rings. The van der Waals surface area contributed by atoms with Gasteiger partial charge in [-0.3, -0.25) is 24.0 Å². The smallest absolute Gasteiger partial charge is 0.537 e. The molecule has 0 spiro atoms. The molecule has 14 nitrogen and oxygen atoms in total. The lowest BCUT2D eigenvalue weighted by atomic mass is 9.93. The van der Waals surface area contributed by atoms with Crippen LogP contribution in [0.25, 0.3) is 11.1 Å². The first-order valence-corrected chi connectivity index (χ1v) is 36.0. The average Bonchev–Trinajstić information content (AvgIpc) is 0.889. The minimum Gasteiger partial charge on any atom is -0.537 e. The summed E-state index contributed by atoms with van der Waals surface area (Å²) in [5, 5.41) is 8.39. The number of rotatable bonds is 25. The van der Waals surface area contributed by atoms with Gasteiger partial charge in [-0.15, -0.1) is 0 Å². The monoisotopic (exact) mass is 1760 g/mol. The summed E-state index contributed by atoms with van der Waals surface area (Å²) in [5.74, 6) is -3.65. The van der Waals surface area contributed by atoms with Crippen LogP contribution in [0.2, 0.25) is 0 Å². The maximum absolute atomic E-state index is 14.5. The zero-order valence-corrected chi connectivity index (χ0v) is 65.2. The molecule has 1 heterocycles. The van der Waals surface area contributed by atoms with Crippen LogP contribution in [0.5, 0.6) is 34.5 Å². The molecular weight excluding hydrogens is 1690 g/mol. The van der Waals surface area contributed by atoms with E-state index in [0.29, 0.717) is 127 Å². The Bertz CT molecular complexity index is 3870. The number of hydrogen-bond donors (Lipinski definition) is 1. The maximum atomic E-state index is 14.5. The zero-order valence-electron chi connectivity index (χ0n) is 57.3. The van der Waals surface area contributed by atoms with E-state index in [4.69, 9.17) is 38.2 Å². The molecule has 0 amide bonds. The number of carbonyl (C=O) groups excluding carboxylic acids is 5. The van der Waals surface area contributed by atoms with Crippen molar-refractivity contribution in [1.82, 2.24) is 0 Å². The number of benzene rings is 8. The van der Waals surface area contributed by atoms with E-state index in [2.05, 4.69) is 84.3 Å². The maximum Gasteiger partial charge on any atom is 0.569 e. The van der Waals surface area contributed by atoms with Crippen molar-refractivity contribution in [2.45, 2.75) is 100 Å². The Morgan fingerprint density at radius 1 is 0.388 bits per heavy atom. The van der Waals surface area contributed by atoms with Gasteiger partial charge in [-0.25, -0.2) is 35.1 Å². The van der Waals surface area contributed by atoms with E-state index < -0.39 is 41.2 Å². The highest BCUT2D eigenvalue weighted by atomic mass is 79.9. The predicted molar refractivity (Wildman–Crippen MR) is 397 cm³/mol. The normalized spacial score (nSPS) is 11.0. The fourth-order valence-electron chi connectivity index (χ4n) is 9.14. The van der Waals surface area contributed by atoms with E-state index in [1.807, 2.05) is 46.8 Å². The number of hydrogen-bond acceptors (Lipinski definition) is 14. The van der Waals surface area contributed by atoms with E-state index >= 15 is 0 Å². The van der Waals surface area contributed by atoms with Crippen LogP contribution in [0.4, 0.5) is 35.1 Å². The highest BCUT2D eigenvalue weighted by molar-refractivity contribution is 9.11. The lowest BCUT2D eigenvalue weighted by molar-refractivity contribution is -0.0473. The molecule has 1 aliphatic heterocycles. The van der Waals surface area contributed by atoms with Crippen LogP contribution in [-0.2, 0) is 28.7 Å². The van der Waals surface area contributed by atoms with Crippen molar-refractivity contribution in [3.05, 3.63) is 228 Å². The summed E-state index contributed by atoms with van der Waals surface area (Å²) >= 11 is 15.8. The van der Waals surface area contributed by atoms with Crippen LogP contribution < -0.4 is 28.3 Å². The quantitative estimate of drug-likeness (QED) is 0.0324. The number of halogens is 13. The van der Waals surface area contributed by atoms with Gasteiger partial charge >= 0.3 is 7.69 Å². The molecule has 1 radical (unpaired) electrons. The van der Waals surface area contributed by atoms with Crippen molar-refractivity contribution in [2.75, 3.05) is 46.2 Å². The second-order valence-corrected chi connectivity index (χ2v) is 25.1. The molecule has 1 aliphatic rings. The Morgan fingerprint density at radius 2 is 0.718 bits per heavy atom. The Kier molecular flexibility index (Phi) is 42.5. The van der Waals surface area contributed by atoms with Crippen LogP contribution in [0.15, 0.2) is 132 Å². The van der Waals surface area contributed by atoms with E-state index in [9.17, 15) is 59.1 Å². The van der Waals surface area contributed by atoms with Crippen molar-refractivity contribution in [3.8, 4) is 45.6 Å². The summed E-state index contributed by atoms with van der Waals surface area (Å²) in [6.45, 7) is 17.5. The third kappa shape index (κ3) is 27.3. The molecule has 1 N–H and O–H groups in total. The van der Waals surface area contributed by atoms with Gasteiger partial charge in [0.25, 0.3) is 0 Å². The van der Waals surface area contributed by atoms with Gasteiger partial charge in [0.15, 0.2) is 95.6 Å². The molecule has 1 saturated heterocycles. The molecule has 0 saturated carbocycles. The first-order valence-electron chi connectivity index (χ1n) is 32.0. The molecular formula is C75H75BBr5F8O14. The number of aldehydes is 5. The van der Waals surface area contributed by atoms with Crippen LogP contribution in [0.3, 0.4) is 0 Å². The second-order valence-electron chi connectivity index (χ2n) is 20.7. The SMILES string of the molecule is CCCc1ccc(-c2ccc(OCC)c(F)c2C=O)c(C=O)c1F.CCCc1ccc(Br)c(C=O)c1F.CCCc1ccc(Br)cc1F.CCOc1ccc(Br)c(C2OCCO2)c1F.CCOc1ccc(Br)c(C=O)c1F.CCOc1ccc(Br)cc1F.CCOc1ccc(O[B]O)c(C=O)c1F. The van der Waals surface area contributed by atoms with Gasteiger partial charge in [-0.2, -0.15) is 0 Å². The largest absolute Gasteiger partial charge is 0.569 e. The van der Waals surface area contributed by atoms with Crippen molar-refractivity contribution < 1.29 is 102 Å².